The number of nitrogens with one attached hydrogen (secondary N) is 2. The molecule has 0 aromatic heterocycles. The van der Waals surface area contributed by atoms with Gasteiger partial charge < -0.3 is 10.6 Å². The second-order valence-corrected chi connectivity index (χ2v) is 6.69. The van der Waals surface area contributed by atoms with Gasteiger partial charge in [0.25, 0.3) is 0 Å². The molecule has 0 heterocycles. The summed E-state index contributed by atoms with van der Waals surface area (Å²) in [7, 11) is 0. The first-order chi connectivity index (χ1) is 10.7. The van der Waals surface area contributed by atoms with Crippen LogP contribution in [0.4, 0.5) is 0 Å². The summed E-state index contributed by atoms with van der Waals surface area (Å²) in [4.78, 5) is 24.0. The third kappa shape index (κ3) is 9.57. The van der Waals surface area contributed by atoms with Crippen molar-refractivity contribution >= 4 is 11.8 Å². The minimum absolute atomic E-state index is 0.215. The molecule has 0 bridgehead atoms. The van der Waals surface area contributed by atoms with Crippen LogP contribution in [0.25, 0.3) is 0 Å². The lowest BCUT2D eigenvalue weighted by Gasteiger charge is -2.29. The van der Waals surface area contributed by atoms with Crippen molar-refractivity contribution in [3.63, 3.8) is 0 Å². The van der Waals surface area contributed by atoms with E-state index in [1.807, 2.05) is 33.8 Å². The molecule has 0 aliphatic rings. The van der Waals surface area contributed by atoms with E-state index in [0.29, 0.717) is 5.92 Å². The molecular weight excluding hydrogens is 288 g/mol. The van der Waals surface area contributed by atoms with Crippen molar-refractivity contribution in [2.24, 2.45) is 11.3 Å². The van der Waals surface area contributed by atoms with Crippen LogP contribution in [0.5, 0.6) is 0 Å². The summed E-state index contributed by atoms with van der Waals surface area (Å²) in [6, 6.07) is -0.598. The fourth-order valence-electron chi connectivity index (χ4n) is 1.90. The maximum atomic E-state index is 12.3. The highest BCUT2D eigenvalue weighted by molar-refractivity contribution is 5.93. The maximum absolute atomic E-state index is 12.3. The smallest absolute Gasteiger partial charge is 0.247 e. The van der Waals surface area contributed by atoms with E-state index >= 15 is 0 Å². The number of amides is 2. The quantitative estimate of drug-likeness (QED) is 0.559. The van der Waals surface area contributed by atoms with Gasteiger partial charge in [-0.3, -0.25) is 9.59 Å². The number of hydrogen-bond donors (Lipinski definition) is 2. The van der Waals surface area contributed by atoms with Gasteiger partial charge in [-0.2, -0.15) is 0 Å². The fourth-order valence-corrected chi connectivity index (χ4v) is 1.90. The molecule has 0 fully saturated rings. The highest BCUT2D eigenvalue weighted by Crippen LogP contribution is 2.19. The third-order valence-corrected chi connectivity index (χ3v) is 3.24. The Morgan fingerprint density at radius 2 is 1.91 bits per heavy atom. The predicted molar refractivity (Wildman–Crippen MR) is 95.3 cm³/mol. The average Bonchev–Trinajstić information content (AvgIpc) is 2.46. The Labute approximate surface area is 140 Å². The summed E-state index contributed by atoms with van der Waals surface area (Å²) in [6.45, 7) is 11.5. The second-order valence-electron chi connectivity index (χ2n) is 6.69. The van der Waals surface area contributed by atoms with Crippen LogP contribution in [-0.4, -0.2) is 17.9 Å². The molecule has 0 saturated carbocycles. The zero-order valence-corrected chi connectivity index (χ0v) is 15.2. The summed E-state index contributed by atoms with van der Waals surface area (Å²) in [6.07, 6.45) is 8.33. The van der Waals surface area contributed by atoms with Gasteiger partial charge in [0.15, 0.2) is 0 Å². The van der Waals surface area contributed by atoms with Crippen molar-refractivity contribution in [2.45, 2.75) is 60.4 Å². The van der Waals surface area contributed by atoms with Gasteiger partial charge >= 0.3 is 0 Å². The van der Waals surface area contributed by atoms with E-state index in [4.69, 9.17) is 0 Å². The highest BCUT2D eigenvalue weighted by Gasteiger charge is 2.31. The molecule has 2 unspecified atom stereocenters. The SMILES string of the molecule is CC#CCC(C)CC=CNC(=O)C(NC(=O)C=CC)C(C)(C)C. The van der Waals surface area contributed by atoms with Gasteiger partial charge in [0.1, 0.15) is 6.04 Å². The maximum Gasteiger partial charge on any atom is 0.247 e. The zero-order chi connectivity index (χ0) is 17.9. The molecule has 2 N–H and O–H groups in total. The van der Waals surface area contributed by atoms with Gasteiger partial charge in [0.2, 0.25) is 11.8 Å². The lowest BCUT2D eigenvalue weighted by Crippen LogP contribution is -2.52. The minimum Gasteiger partial charge on any atom is -0.340 e. The largest absolute Gasteiger partial charge is 0.340 e. The molecule has 0 saturated heterocycles. The molecular formula is C19H30N2O2. The summed E-state index contributed by atoms with van der Waals surface area (Å²) >= 11 is 0. The normalized spacial score (nSPS) is 14.2. The lowest BCUT2D eigenvalue weighted by atomic mass is 9.86. The monoisotopic (exact) mass is 318 g/mol. The van der Waals surface area contributed by atoms with Crippen LogP contribution >= 0.6 is 0 Å². The molecule has 23 heavy (non-hydrogen) atoms. The van der Waals surface area contributed by atoms with Crippen molar-refractivity contribution in [2.75, 3.05) is 0 Å². The first kappa shape index (κ1) is 21.0. The van der Waals surface area contributed by atoms with Crippen LogP contribution in [0.15, 0.2) is 24.4 Å². The topological polar surface area (TPSA) is 58.2 Å². The van der Waals surface area contributed by atoms with Crippen molar-refractivity contribution in [3.05, 3.63) is 24.4 Å². The molecule has 4 nitrogen and oxygen atoms in total. The van der Waals surface area contributed by atoms with Gasteiger partial charge in [0, 0.05) is 6.42 Å². The van der Waals surface area contributed by atoms with Crippen molar-refractivity contribution in [3.8, 4) is 11.8 Å². The Morgan fingerprint density at radius 1 is 1.26 bits per heavy atom. The van der Waals surface area contributed by atoms with E-state index < -0.39 is 6.04 Å². The average molecular weight is 318 g/mol. The molecule has 0 aromatic carbocycles. The van der Waals surface area contributed by atoms with Gasteiger partial charge in [-0.15, -0.1) is 11.8 Å². The van der Waals surface area contributed by atoms with E-state index in [2.05, 4.69) is 29.4 Å². The van der Waals surface area contributed by atoms with E-state index in [-0.39, 0.29) is 17.2 Å². The van der Waals surface area contributed by atoms with Crippen LogP contribution in [0.3, 0.4) is 0 Å². The minimum atomic E-state index is -0.598. The van der Waals surface area contributed by atoms with Crippen LogP contribution in [0, 0.1) is 23.2 Å². The van der Waals surface area contributed by atoms with E-state index in [1.165, 1.54) is 6.08 Å². The number of hydrogen-bond acceptors (Lipinski definition) is 2. The van der Waals surface area contributed by atoms with Crippen LogP contribution < -0.4 is 10.6 Å². The summed E-state index contributed by atoms with van der Waals surface area (Å²) in [5.74, 6) is 5.89. The molecule has 0 radical (unpaired) electrons. The Morgan fingerprint density at radius 3 is 2.43 bits per heavy atom. The first-order valence-electron chi connectivity index (χ1n) is 8.00. The molecule has 128 valence electrons. The highest BCUT2D eigenvalue weighted by atomic mass is 16.2. The van der Waals surface area contributed by atoms with E-state index in [0.717, 1.165) is 12.8 Å². The van der Waals surface area contributed by atoms with Gasteiger partial charge in [-0.25, -0.2) is 0 Å². The Hall–Kier alpha value is -2.02. The van der Waals surface area contributed by atoms with E-state index in [1.54, 1.807) is 19.2 Å². The predicted octanol–water partition coefficient (Wildman–Crippen LogP) is 3.16. The summed E-state index contributed by atoms with van der Waals surface area (Å²) < 4.78 is 0. The molecule has 0 aromatic rings. The molecule has 0 aliphatic carbocycles. The molecule has 0 aliphatic heterocycles. The fraction of sp³-hybridized carbons (Fsp3) is 0.579. The van der Waals surface area contributed by atoms with Gasteiger partial charge in [0.05, 0.1) is 0 Å². The Balaban J connectivity index is 4.60. The second kappa shape index (κ2) is 10.7. The lowest BCUT2D eigenvalue weighted by molar-refractivity contribution is -0.129. The molecule has 0 rings (SSSR count). The number of allylic oxidation sites excluding steroid dienone is 2. The molecule has 0 spiro atoms. The van der Waals surface area contributed by atoms with Crippen LogP contribution in [0.1, 0.15) is 54.4 Å². The van der Waals surface area contributed by atoms with Crippen LogP contribution in [0.2, 0.25) is 0 Å². The summed E-state index contributed by atoms with van der Waals surface area (Å²) in [5.41, 5.74) is -0.376. The molecule has 4 heteroatoms. The Kier molecular flexibility index (Phi) is 9.73. The Bertz CT molecular complexity index is 502. The van der Waals surface area contributed by atoms with E-state index in [9.17, 15) is 9.59 Å². The number of rotatable bonds is 7. The van der Waals surface area contributed by atoms with Crippen molar-refractivity contribution < 1.29 is 9.59 Å². The van der Waals surface area contributed by atoms with Gasteiger partial charge in [-0.05, 0) is 43.9 Å². The molecule has 2 atom stereocenters. The van der Waals surface area contributed by atoms with Gasteiger partial charge in [-0.1, -0.05) is 39.8 Å². The van der Waals surface area contributed by atoms with Crippen LogP contribution in [-0.2, 0) is 9.59 Å². The van der Waals surface area contributed by atoms with Crippen molar-refractivity contribution in [1.82, 2.24) is 10.6 Å². The third-order valence-electron chi connectivity index (χ3n) is 3.24. The molecule has 2 amide bonds. The van der Waals surface area contributed by atoms with Crippen molar-refractivity contribution in [1.29, 1.82) is 0 Å². The number of carbonyl (C=O) groups is 2. The number of carbonyl (C=O) groups excluding carboxylic acids is 2. The standard InChI is InChI=1S/C19H30N2O2/c1-7-9-12-15(3)13-10-14-20-18(23)17(19(4,5)6)21-16(22)11-8-2/h8,10-11,14-15,17H,12-13H2,1-6H3,(H,20,23)(H,21,22). The first-order valence-corrected chi connectivity index (χ1v) is 8.00. The zero-order valence-electron chi connectivity index (χ0n) is 15.2. The summed E-state index contributed by atoms with van der Waals surface area (Å²) in [5, 5.41) is 5.50.